The lowest BCUT2D eigenvalue weighted by molar-refractivity contribution is -0.138. The van der Waals surface area contributed by atoms with Crippen LogP contribution in [0.25, 0.3) is 0 Å². The highest BCUT2D eigenvalue weighted by molar-refractivity contribution is 7.09. The second-order valence-electron chi connectivity index (χ2n) is 4.24. The molecule has 0 aromatic carbocycles. The minimum Gasteiger partial charge on any atom is -0.478 e. The molecule has 108 valence electrons. The van der Waals surface area contributed by atoms with Gasteiger partial charge in [0.2, 0.25) is 0 Å². The number of hydrogen-bond acceptors (Lipinski definition) is 3. The molecule has 2 aromatic rings. The van der Waals surface area contributed by atoms with Crippen LogP contribution in [0, 0.1) is 6.92 Å². The Kier molecular flexibility index (Phi) is 3.85. The van der Waals surface area contributed by atoms with E-state index in [0.29, 0.717) is 6.42 Å². The van der Waals surface area contributed by atoms with Crippen molar-refractivity contribution >= 4 is 17.3 Å². The highest BCUT2D eigenvalue weighted by Gasteiger charge is 2.36. The minimum atomic E-state index is -4.67. The molecule has 0 radical (unpaired) electrons. The molecule has 0 atom stereocenters. The Bertz CT molecular complexity index is 631. The summed E-state index contributed by atoms with van der Waals surface area (Å²) in [4.78, 5) is 15.9. The first-order valence-electron chi connectivity index (χ1n) is 5.68. The van der Waals surface area contributed by atoms with Crippen molar-refractivity contribution in [1.82, 2.24) is 9.55 Å². The summed E-state index contributed by atoms with van der Waals surface area (Å²) >= 11 is 1.43. The summed E-state index contributed by atoms with van der Waals surface area (Å²) in [6.45, 7) is 2.10. The number of alkyl halides is 3. The number of halogens is 3. The maximum absolute atomic E-state index is 12.7. The Morgan fingerprint density at radius 3 is 2.60 bits per heavy atom. The zero-order valence-electron chi connectivity index (χ0n) is 10.4. The number of aromatic carboxylic acids is 1. The van der Waals surface area contributed by atoms with E-state index >= 15 is 0 Å². The molecule has 8 heteroatoms. The molecular formula is C12H11F3N2O2S. The molecule has 4 nitrogen and oxygen atoms in total. The lowest BCUT2D eigenvalue weighted by Gasteiger charge is -2.04. The molecule has 0 amide bonds. The molecule has 2 aromatic heterocycles. The summed E-state index contributed by atoms with van der Waals surface area (Å²) in [6.07, 6.45) is -2.30. The highest BCUT2D eigenvalue weighted by atomic mass is 32.1. The number of thiazole rings is 1. The fraction of sp³-hybridized carbons (Fsp3) is 0.333. The second kappa shape index (κ2) is 5.28. The zero-order chi connectivity index (χ0) is 14.9. The van der Waals surface area contributed by atoms with Crippen molar-refractivity contribution in [2.45, 2.75) is 26.1 Å². The molecule has 2 heterocycles. The third kappa shape index (κ3) is 3.01. The van der Waals surface area contributed by atoms with Gasteiger partial charge in [-0.1, -0.05) is 0 Å². The number of carboxylic acid groups (broad SMARTS) is 1. The largest absolute Gasteiger partial charge is 0.478 e. The molecule has 20 heavy (non-hydrogen) atoms. The van der Waals surface area contributed by atoms with Gasteiger partial charge in [-0.15, -0.1) is 11.3 Å². The maximum Gasteiger partial charge on any atom is 0.418 e. The van der Waals surface area contributed by atoms with Gasteiger partial charge in [0.15, 0.2) is 0 Å². The van der Waals surface area contributed by atoms with Crippen LogP contribution in [-0.4, -0.2) is 20.6 Å². The molecule has 0 bridgehead atoms. The van der Waals surface area contributed by atoms with Crippen molar-refractivity contribution in [3.05, 3.63) is 39.6 Å². The van der Waals surface area contributed by atoms with E-state index in [2.05, 4.69) is 4.98 Å². The van der Waals surface area contributed by atoms with Crippen LogP contribution in [-0.2, 0) is 19.1 Å². The van der Waals surface area contributed by atoms with Gasteiger partial charge < -0.3 is 9.67 Å². The van der Waals surface area contributed by atoms with Crippen LogP contribution in [0.1, 0.15) is 26.5 Å². The lowest BCUT2D eigenvalue weighted by atomic mass is 10.2. The molecule has 1 N–H and O–H groups in total. The predicted octanol–water partition coefficient (Wildman–Crippen LogP) is 3.21. The van der Waals surface area contributed by atoms with E-state index in [1.165, 1.54) is 15.9 Å². The van der Waals surface area contributed by atoms with Crippen molar-refractivity contribution in [3.8, 4) is 0 Å². The van der Waals surface area contributed by atoms with Gasteiger partial charge in [0.05, 0.1) is 22.3 Å². The molecule has 0 spiro atoms. The number of aromatic nitrogens is 2. The van der Waals surface area contributed by atoms with Gasteiger partial charge in [0.1, 0.15) is 0 Å². The van der Waals surface area contributed by atoms with E-state index < -0.39 is 23.3 Å². The Balaban J connectivity index is 2.21. The molecule has 0 fully saturated rings. The number of rotatable bonds is 4. The number of aryl methyl sites for hydroxylation is 3. The van der Waals surface area contributed by atoms with Gasteiger partial charge in [-0.05, 0) is 6.92 Å². The van der Waals surface area contributed by atoms with Gasteiger partial charge in [-0.25, -0.2) is 9.78 Å². The molecule has 0 saturated heterocycles. The van der Waals surface area contributed by atoms with E-state index in [1.54, 1.807) is 5.51 Å². The Labute approximate surface area is 116 Å². The first kappa shape index (κ1) is 14.6. The Morgan fingerprint density at radius 2 is 2.15 bits per heavy atom. The van der Waals surface area contributed by atoms with Gasteiger partial charge in [-0.3, -0.25) is 0 Å². The fourth-order valence-electron chi connectivity index (χ4n) is 1.83. The SMILES string of the molecule is Cc1ncsc1CCn1cc(C(=O)O)c(C(F)(F)F)c1. The third-order valence-corrected chi connectivity index (χ3v) is 3.85. The van der Waals surface area contributed by atoms with Crippen LogP contribution >= 0.6 is 11.3 Å². The van der Waals surface area contributed by atoms with E-state index in [4.69, 9.17) is 5.11 Å². The maximum atomic E-state index is 12.7. The van der Waals surface area contributed by atoms with Crippen LogP contribution < -0.4 is 0 Å². The number of nitrogens with zero attached hydrogens (tertiary/aromatic N) is 2. The predicted molar refractivity (Wildman–Crippen MR) is 66.9 cm³/mol. The highest BCUT2D eigenvalue weighted by Crippen LogP contribution is 2.32. The van der Waals surface area contributed by atoms with Crippen molar-refractivity contribution in [2.24, 2.45) is 0 Å². The molecule has 2 rings (SSSR count). The van der Waals surface area contributed by atoms with Crippen molar-refractivity contribution < 1.29 is 23.1 Å². The lowest BCUT2D eigenvalue weighted by Crippen LogP contribution is -2.09. The average Bonchev–Trinajstić information content (AvgIpc) is 2.91. The summed E-state index contributed by atoms with van der Waals surface area (Å²) in [5, 5.41) is 8.82. The summed E-state index contributed by atoms with van der Waals surface area (Å²) in [5.41, 5.74) is 0.672. The van der Waals surface area contributed by atoms with Gasteiger partial charge in [0.25, 0.3) is 0 Å². The molecular weight excluding hydrogens is 293 g/mol. The normalized spacial score (nSPS) is 11.8. The summed E-state index contributed by atoms with van der Waals surface area (Å²) in [7, 11) is 0. The van der Waals surface area contributed by atoms with Crippen LogP contribution in [0.2, 0.25) is 0 Å². The molecule has 0 aliphatic heterocycles. The Morgan fingerprint density at radius 1 is 1.45 bits per heavy atom. The van der Waals surface area contributed by atoms with Crippen molar-refractivity contribution in [1.29, 1.82) is 0 Å². The monoisotopic (exact) mass is 304 g/mol. The topological polar surface area (TPSA) is 55.1 Å². The fourth-order valence-corrected chi connectivity index (χ4v) is 2.60. The molecule has 0 saturated carbocycles. The zero-order valence-corrected chi connectivity index (χ0v) is 11.3. The van der Waals surface area contributed by atoms with Crippen molar-refractivity contribution in [3.63, 3.8) is 0 Å². The van der Waals surface area contributed by atoms with Gasteiger partial charge in [0, 0.05) is 30.2 Å². The van der Waals surface area contributed by atoms with E-state index in [9.17, 15) is 18.0 Å². The van der Waals surface area contributed by atoms with E-state index in [0.717, 1.165) is 23.0 Å². The molecule has 0 aliphatic rings. The minimum absolute atomic E-state index is 0.277. The van der Waals surface area contributed by atoms with Crippen molar-refractivity contribution in [2.75, 3.05) is 0 Å². The average molecular weight is 304 g/mol. The quantitative estimate of drug-likeness (QED) is 0.943. The van der Waals surface area contributed by atoms with Crippen LogP contribution in [0.5, 0.6) is 0 Å². The second-order valence-corrected chi connectivity index (χ2v) is 5.18. The Hall–Kier alpha value is -1.83. The third-order valence-electron chi connectivity index (χ3n) is 2.86. The molecule has 0 unspecified atom stereocenters. The summed E-state index contributed by atoms with van der Waals surface area (Å²) in [5.74, 6) is -1.58. The molecule has 0 aliphatic carbocycles. The summed E-state index contributed by atoms with van der Waals surface area (Å²) < 4.78 is 39.4. The van der Waals surface area contributed by atoms with Crippen LogP contribution in [0.3, 0.4) is 0 Å². The van der Waals surface area contributed by atoms with Crippen LogP contribution in [0.15, 0.2) is 17.9 Å². The smallest absolute Gasteiger partial charge is 0.418 e. The first-order chi connectivity index (χ1) is 9.29. The number of carboxylic acids is 1. The number of carbonyl (C=O) groups is 1. The van der Waals surface area contributed by atoms with Gasteiger partial charge >= 0.3 is 12.1 Å². The first-order valence-corrected chi connectivity index (χ1v) is 6.56. The van der Waals surface area contributed by atoms with Gasteiger partial charge in [-0.2, -0.15) is 13.2 Å². The summed E-state index contributed by atoms with van der Waals surface area (Å²) in [6, 6.07) is 0. The van der Waals surface area contributed by atoms with E-state index in [-0.39, 0.29) is 6.54 Å². The standard InChI is InChI=1S/C12H11F3N2O2S/c1-7-10(20-6-16-7)2-3-17-4-8(11(18)19)9(5-17)12(13,14)15/h4-6H,2-3H2,1H3,(H,18,19). The van der Waals surface area contributed by atoms with E-state index in [1.807, 2.05) is 6.92 Å². The number of hydrogen-bond donors (Lipinski definition) is 1. The van der Waals surface area contributed by atoms with Crippen LogP contribution in [0.4, 0.5) is 13.2 Å².